The highest BCUT2D eigenvalue weighted by molar-refractivity contribution is 5.62. The summed E-state index contributed by atoms with van der Waals surface area (Å²) in [6.07, 6.45) is 0. The minimum absolute atomic E-state index is 0.112. The zero-order valence-electron chi connectivity index (χ0n) is 11.3. The predicted molar refractivity (Wildman–Crippen MR) is 70.5 cm³/mol. The molecule has 0 fully saturated rings. The molecule has 0 unspecified atom stereocenters. The number of anilines is 1. The van der Waals surface area contributed by atoms with Gasteiger partial charge in [0.25, 0.3) is 0 Å². The van der Waals surface area contributed by atoms with Crippen LogP contribution < -0.4 is 5.73 Å². The van der Waals surface area contributed by atoms with E-state index < -0.39 is 17.5 Å². The van der Waals surface area contributed by atoms with E-state index in [1.807, 2.05) is 20.8 Å². The highest BCUT2D eigenvalue weighted by atomic mass is 19.2. The van der Waals surface area contributed by atoms with E-state index in [1.165, 1.54) is 6.07 Å². The van der Waals surface area contributed by atoms with Gasteiger partial charge in [-0.05, 0) is 12.1 Å². The molecule has 106 valence electrons. The van der Waals surface area contributed by atoms with Gasteiger partial charge in [-0.25, -0.2) is 23.1 Å². The Balaban J connectivity index is 2.61. The number of nitrogens with two attached hydrogens (primary N) is 1. The Morgan fingerprint density at radius 3 is 2.00 bits per heavy atom. The van der Waals surface area contributed by atoms with Gasteiger partial charge < -0.3 is 5.73 Å². The Hall–Kier alpha value is -2.11. The van der Waals surface area contributed by atoms with Gasteiger partial charge in [0.2, 0.25) is 0 Å². The summed E-state index contributed by atoms with van der Waals surface area (Å²) in [4.78, 5) is 8.34. The SMILES string of the molecule is CC(C)(C)c1nc(N)cc(-c2cc(F)c(F)c(F)c2)n1. The Labute approximate surface area is 114 Å². The monoisotopic (exact) mass is 281 g/mol. The van der Waals surface area contributed by atoms with Gasteiger partial charge in [-0.2, -0.15) is 0 Å². The minimum Gasteiger partial charge on any atom is -0.384 e. The van der Waals surface area contributed by atoms with Crippen LogP contribution in [0.15, 0.2) is 18.2 Å². The summed E-state index contributed by atoms with van der Waals surface area (Å²) in [5, 5.41) is 0. The second-order valence-corrected chi connectivity index (χ2v) is 5.51. The number of halogens is 3. The third kappa shape index (κ3) is 2.74. The fraction of sp³-hybridized carbons (Fsp3) is 0.286. The first-order valence-corrected chi connectivity index (χ1v) is 5.98. The van der Waals surface area contributed by atoms with Crippen molar-refractivity contribution in [3.8, 4) is 11.3 Å². The molecule has 0 saturated carbocycles. The first-order valence-electron chi connectivity index (χ1n) is 5.98. The van der Waals surface area contributed by atoms with Crippen LogP contribution in [-0.4, -0.2) is 9.97 Å². The van der Waals surface area contributed by atoms with E-state index in [0.717, 1.165) is 12.1 Å². The van der Waals surface area contributed by atoms with Gasteiger partial charge in [-0.3, -0.25) is 0 Å². The number of nitrogens with zero attached hydrogens (tertiary/aromatic N) is 2. The van der Waals surface area contributed by atoms with E-state index in [0.29, 0.717) is 5.82 Å². The third-order valence-electron chi connectivity index (χ3n) is 2.70. The van der Waals surface area contributed by atoms with Crippen LogP contribution in [0.4, 0.5) is 19.0 Å². The molecule has 3 nitrogen and oxygen atoms in total. The lowest BCUT2D eigenvalue weighted by Gasteiger charge is -2.17. The molecule has 0 radical (unpaired) electrons. The molecule has 0 aliphatic heterocycles. The van der Waals surface area contributed by atoms with Gasteiger partial charge in [-0.15, -0.1) is 0 Å². The smallest absolute Gasteiger partial charge is 0.194 e. The van der Waals surface area contributed by atoms with Crippen molar-refractivity contribution in [1.29, 1.82) is 0 Å². The van der Waals surface area contributed by atoms with E-state index >= 15 is 0 Å². The molecule has 0 aliphatic rings. The van der Waals surface area contributed by atoms with Crippen LogP contribution in [0.25, 0.3) is 11.3 Å². The fourth-order valence-electron chi connectivity index (χ4n) is 1.65. The zero-order chi connectivity index (χ0) is 15.1. The quantitative estimate of drug-likeness (QED) is 0.815. The fourth-order valence-corrected chi connectivity index (χ4v) is 1.65. The average molecular weight is 281 g/mol. The molecule has 1 heterocycles. The maximum absolute atomic E-state index is 13.3. The molecular formula is C14H14F3N3. The largest absolute Gasteiger partial charge is 0.384 e. The lowest BCUT2D eigenvalue weighted by Crippen LogP contribution is -2.17. The summed E-state index contributed by atoms with van der Waals surface area (Å²) >= 11 is 0. The van der Waals surface area contributed by atoms with Gasteiger partial charge >= 0.3 is 0 Å². The highest BCUT2D eigenvalue weighted by Crippen LogP contribution is 2.26. The number of hydrogen-bond donors (Lipinski definition) is 1. The summed E-state index contributed by atoms with van der Waals surface area (Å²) in [6, 6.07) is 3.15. The Kier molecular flexibility index (Phi) is 3.41. The molecule has 0 saturated heterocycles. The Morgan fingerprint density at radius 2 is 1.50 bits per heavy atom. The number of rotatable bonds is 1. The van der Waals surface area contributed by atoms with Crippen LogP contribution >= 0.6 is 0 Å². The van der Waals surface area contributed by atoms with Crippen LogP contribution in [0.3, 0.4) is 0 Å². The molecule has 2 aromatic rings. The number of aromatic nitrogens is 2. The van der Waals surface area contributed by atoms with Gasteiger partial charge in [-0.1, -0.05) is 20.8 Å². The molecule has 2 rings (SSSR count). The van der Waals surface area contributed by atoms with Crippen molar-refractivity contribution >= 4 is 5.82 Å². The predicted octanol–water partition coefficient (Wildman–Crippen LogP) is 3.44. The van der Waals surface area contributed by atoms with Crippen LogP contribution in [0, 0.1) is 17.5 Å². The van der Waals surface area contributed by atoms with E-state index in [9.17, 15) is 13.2 Å². The zero-order valence-corrected chi connectivity index (χ0v) is 11.3. The molecule has 0 atom stereocenters. The molecule has 20 heavy (non-hydrogen) atoms. The lowest BCUT2D eigenvalue weighted by atomic mass is 9.95. The van der Waals surface area contributed by atoms with Crippen LogP contribution in [0.2, 0.25) is 0 Å². The molecule has 0 aliphatic carbocycles. The maximum Gasteiger partial charge on any atom is 0.194 e. The van der Waals surface area contributed by atoms with Crippen LogP contribution in [-0.2, 0) is 5.41 Å². The minimum atomic E-state index is -1.51. The van der Waals surface area contributed by atoms with E-state index in [1.54, 1.807) is 0 Å². The summed E-state index contributed by atoms with van der Waals surface area (Å²) in [5.41, 5.74) is 5.68. The van der Waals surface area contributed by atoms with Crippen molar-refractivity contribution in [2.24, 2.45) is 0 Å². The Morgan fingerprint density at radius 1 is 0.950 bits per heavy atom. The Bertz CT molecular complexity index is 640. The summed E-state index contributed by atoms with van der Waals surface area (Å²) in [5.74, 6) is -3.42. The van der Waals surface area contributed by atoms with E-state index in [4.69, 9.17) is 5.73 Å². The van der Waals surface area contributed by atoms with Crippen LogP contribution in [0.1, 0.15) is 26.6 Å². The van der Waals surface area contributed by atoms with Crippen molar-refractivity contribution < 1.29 is 13.2 Å². The molecule has 0 amide bonds. The summed E-state index contributed by atoms with van der Waals surface area (Å²) in [7, 11) is 0. The molecule has 0 bridgehead atoms. The highest BCUT2D eigenvalue weighted by Gasteiger charge is 2.20. The average Bonchev–Trinajstić information content (AvgIpc) is 2.33. The first-order chi connectivity index (χ1) is 9.18. The normalized spacial score (nSPS) is 11.7. The van der Waals surface area contributed by atoms with Gasteiger partial charge in [0.05, 0.1) is 5.69 Å². The molecule has 0 spiro atoms. The molecule has 2 N–H and O–H groups in total. The van der Waals surface area contributed by atoms with E-state index in [-0.39, 0.29) is 22.5 Å². The molecule has 1 aromatic carbocycles. The lowest BCUT2D eigenvalue weighted by molar-refractivity contribution is 0.447. The summed E-state index contributed by atoms with van der Waals surface area (Å²) in [6.45, 7) is 5.66. The first kappa shape index (κ1) is 14.3. The second-order valence-electron chi connectivity index (χ2n) is 5.51. The maximum atomic E-state index is 13.3. The van der Waals surface area contributed by atoms with Crippen molar-refractivity contribution in [1.82, 2.24) is 9.97 Å². The van der Waals surface area contributed by atoms with Crippen molar-refractivity contribution in [3.63, 3.8) is 0 Å². The third-order valence-corrected chi connectivity index (χ3v) is 2.70. The molecular weight excluding hydrogens is 267 g/mol. The molecule has 1 aromatic heterocycles. The van der Waals surface area contributed by atoms with Crippen molar-refractivity contribution in [2.45, 2.75) is 26.2 Å². The van der Waals surface area contributed by atoms with Crippen LogP contribution in [0.5, 0.6) is 0 Å². The van der Waals surface area contributed by atoms with Crippen molar-refractivity contribution in [3.05, 3.63) is 41.5 Å². The van der Waals surface area contributed by atoms with E-state index in [2.05, 4.69) is 9.97 Å². The number of nitrogen functional groups attached to an aromatic ring is 1. The second kappa shape index (κ2) is 4.77. The van der Waals surface area contributed by atoms with Crippen molar-refractivity contribution in [2.75, 3.05) is 5.73 Å². The molecule has 6 heteroatoms. The number of benzene rings is 1. The van der Waals surface area contributed by atoms with Gasteiger partial charge in [0, 0.05) is 17.0 Å². The summed E-state index contributed by atoms with van der Waals surface area (Å²) < 4.78 is 39.5. The topological polar surface area (TPSA) is 51.8 Å². The van der Waals surface area contributed by atoms with Gasteiger partial charge in [0.1, 0.15) is 11.6 Å². The van der Waals surface area contributed by atoms with Gasteiger partial charge in [0.15, 0.2) is 17.5 Å². The standard InChI is InChI=1S/C14H14F3N3/c1-14(2,3)13-19-10(6-11(18)20-13)7-4-8(15)12(17)9(16)5-7/h4-6H,1-3H3,(H2,18,19,20). The number of hydrogen-bond acceptors (Lipinski definition) is 3.